The molecular formula is C13H9ClO2S. The van der Waals surface area contributed by atoms with E-state index in [1.165, 1.54) is 17.4 Å². The molecule has 17 heavy (non-hydrogen) atoms. The molecule has 4 heteroatoms. The number of carbonyl (C=O) groups excluding carboxylic acids is 1. The minimum Gasteiger partial charge on any atom is -0.507 e. The Morgan fingerprint density at radius 2 is 2.00 bits per heavy atom. The highest BCUT2D eigenvalue weighted by atomic mass is 35.5. The molecule has 0 saturated carbocycles. The molecule has 0 unspecified atom stereocenters. The molecule has 2 rings (SSSR count). The van der Waals surface area contributed by atoms with Crippen LogP contribution in [0.4, 0.5) is 0 Å². The van der Waals surface area contributed by atoms with Gasteiger partial charge in [0.25, 0.3) is 0 Å². The normalized spacial score (nSPS) is 10.9. The number of benzene rings is 1. The van der Waals surface area contributed by atoms with Gasteiger partial charge in [-0.1, -0.05) is 29.8 Å². The lowest BCUT2D eigenvalue weighted by molar-refractivity contribution is 0.105. The summed E-state index contributed by atoms with van der Waals surface area (Å²) in [4.78, 5) is 12.3. The summed E-state index contributed by atoms with van der Waals surface area (Å²) < 4.78 is 0.587. The number of hydrogen-bond donors (Lipinski definition) is 1. The molecule has 1 heterocycles. The van der Waals surface area contributed by atoms with Crippen molar-refractivity contribution in [3.63, 3.8) is 0 Å². The number of hydrogen-bond acceptors (Lipinski definition) is 3. The van der Waals surface area contributed by atoms with Crippen molar-refractivity contribution < 1.29 is 9.90 Å². The lowest BCUT2D eigenvalue weighted by Crippen LogP contribution is -1.88. The van der Waals surface area contributed by atoms with Gasteiger partial charge in [-0.05, 0) is 30.4 Å². The minimum atomic E-state index is -0.120. The Labute approximate surface area is 108 Å². The topological polar surface area (TPSA) is 37.3 Å². The zero-order valence-electron chi connectivity index (χ0n) is 8.76. The molecule has 0 atom stereocenters. The number of carbonyl (C=O) groups is 1. The molecule has 0 aliphatic carbocycles. The van der Waals surface area contributed by atoms with Crippen LogP contribution in [0.1, 0.15) is 15.2 Å². The third-order valence-electron chi connectivity index (χ3n) is 2.17. The summed E-state index contributed by atoms with van der Waals surface area (Å²) in [5, 5.41) is 9.52. The van der Waals surface area contributed by atoms with Crippen LogP contribution in [0.5, 0.6) is 5.75 Å². The van der Waals surface area contributed by atoms with Gasteiger partial charge in [-0.2, -0.15) is 0 Å². The van der Waals surface area contributed by atoms with E-state index >= 15 is 0 Å². The molecule has 0 aliphatic rings. The van der Waals surface area contributed by atoms with E-state index in [1.54, 1.807) is 42.5 Å². The van der Waals surface area contributed by atoms with Crippen molar-refractivity contribution in [1.29, 1.82) is 0 Å². The van der Waals surface area contributed by atoms with E-state index in [2.05, 4.69) is 0 Å². The second-order valence-corrected chi connectivity index (χ2v) is 5.08. The number of ketones is 1. The van der Waals surface area contributed by atoms with Gasteiger partial charge in [-0.3, -0.25) is 4.79 Å². The predicted molar refractivity (Wildman–Crippen MR) is 70.8 cm³/mol. The van der Waals surface area contributed by atoms with Gasteiger partial charge in [0.2, 0.25) is 0 Å². The van der Waals surface area contributed by atoms with E-state index < -0.39 is 0 Å². The molecule has 2 aromatic rings. The monoisotopic (exact) mass is 264 g/mol. The van der Waals surface area contributed by atoms with Crippen LogP contribution in [0.15, 0.2) is 42.5 Å². The lowest BCUT2D eigenvalue weighted by Gasteiger charge is -1.96. The molecule has 0 aliphatic heterocycles. The number of thiophene rings is 1. The number of allylic oxidation sites excluding steroid dienone is 1. The number of phenolic OH excluding ortho intramolecular Hbond substituents is 1. The molecule has 86 valence electrons. The maximum Gasteiger partial charge on any atom is 0.195 e. The van der Waals surface area contributed by atoms with Crippen LogP contribution in [0.25, 0.3) is 6.08 Å². The lowest BCUT2D eigenvalue weighted by atomic mass is 10.1. The second-order valence-electron chi connectivity index (χ2n) is 3.36. The Bertz CT molecular complexity index is 572. The molecule has 0 spiro atoms. The molecule has 0 fully saturated rings. The average Bonchev–Trinajstić information content (AvgIpc) is 2.74. The first-order chi connectivity index (χ1) is 8.16. The van der Waals surface area contributed by atoms with E-state index in [1.807, 2.05) is 0 Å². The fraction of sp³-hybridized carbons (Fsp3) is 0. The van der Waals surface area contributed by atoms with E-state index in [0.717, 1.165) is 0 Å². The molecule has 1 aromatic carbocycles. The number of phenols is 1. The van der Waals surface area contributed by atoms with E-state index in [0.29, 0.717) is 14.8 Å². The highest BCUT2D eigenvalue weighted by Crippen LogP contribution is 2.23. The van der Waals surface area contributed by atoms with E-state index in [-0.39, 0.29) is 11.5 Å². The van der Waals surface area contributed by atoms with Crippen LogP contribution in [0, 0.1) is 0 Å². The minimum absolute atomic E-state index is 0.120. The zero-order valence-corrected chi connectivity index (χ0v) is 10.3. The van der Waals surface area contributed by atoms with Gasteiger partial charge in [0, 0.05) is 5.56 Å². The van der Waals surface area contributed by atoms with Crippen LogP contribution < -0.4 is 0 Å². The molecule has 0 bridgehead atoms. The molecular weight excluding hydrogens is 256 g/mol. The average molecular weight is 265 g/mol. The van der Waals surface area contributed by atoms with Crippen LogP contribution in [0.3, 0.4) is 0 Å². The Morgan fingerprint density at radius 3 is 2.65 bits per heavy atom. The number of aromatic hydroxyl groups is 1. The summed E-state index contributed by atoms with van der Waals surface area (Å²) in [6, 6.07) is 10.2. The first-order valence-electron chi connectivity index (χ1n) is 4.92. The molecule has 0 saturated heterocycles. The van der Waals surface area contributed by atoms with Crippen LogP contribution in [-0.2, 0) is 0 Å². The molecule has 1 aromatic heterocycles. The second kappa shape index (κ2) is 5.17. The Morgan fingerprint density at radius 1 is 1.24 bits per heavy atom. The smallest absolute Gasteiger partial charge is 0.195 e. The summed E-state index contributed by atoms with van der Waals surface area (Å²) in [5.74, 6) is 0.0333. The Balaban J connectivity index is 2.17. The SMILES string of the molecule is O=C(/C=C/c1ccccc1O)c1ccc(Cl)s1. The van der Waals surface area contributed by atoms with Gasteiger partial charge in [0.05, 0.1) is 9.21 Å². The summed E-state index contributed by atoms with van der Waals surface area (Å²) in [5.41, 5.74) is 0.614. The van der Waals surface area contributed by atoms with Crippen molar-refractivity contribution >= 4 is 34.8 Å². The molecule has 0 amide bonds. The Kier molecular flexibility index (Phi) is 3.61. The highest BCUT2D eigenvalue weighted by molar-refractivity contribution is 7.18. The largest absolute Gasteiger partial charge is 0.507 e. The van der Waals surface area contributed by atoms with Crippen molar-refractivity contribution in [2.75, 3.05) is 0 Å². The fourth-order valence-electron chi connectivity index (χ4n) is 1.32. The van der Waals surface area contributed by atoms with Crippen molar-refractivity contribution in [2.45, 2.75) is 0 Å². The van der Waals surface area contributed by atoms with E-state index in [4.69, 9.17) is 11.6 Å². The van der Waals surface area contributed by atoms with Gasteiger partial charge in [0.1, 0.15) is 5.75 Å². The Hall–Kier alpha value is -1.58. The first-order valence-corrected chi connectivity index (χ1v) is 6.12. The predicted octanol–water partition coefficient (Wildman–Crippen LogP) is 4.00. The van der Waals surface area contributed by atoms with Crippen molar-refractivity contribution in [3.05, 3.63) is 57.3 Å². The third-order valence-corrected chi connectivity index (χ3v) is 3.41. The summed E-state index contributed by atoms with van der Waals surface area (Å²) in [6.07, 6.45) is 3.02. The summed E-state index contributed by atoms with van der Waals surface area (Å²) in [6.45, 7) is 0. The quantitative estimate of drug-likeness (QED) is 0.672. The summed E-state index contributed by atoms with van der Waals surface area (Å²) in [7, 11) is 0. The standard InChI is InChI=1S/C13H9ClO2S/c14-13-8-7-12(17-13)11(16)6-5-9-3-1-2-4-10(9)15/h1-8,15H/b6-5+. The van der Waals surface area contributed by atoms with Crippen LogP contribution in [-0.4, -0.2) is 10.9 Å². The number of rotatable bonds is 3. The number of para-hydroxylation sites is 1. The first kappa shape index (κ1) is 11.9. The highest BCUT2D eigenvalue weighted by Gasteiger charge is 2.05. The van der Waals surface area contributed by atoms with E-state index in [9.17, 15) is 9.90 Å². The molecule has 0 radical (unpaired) electrons. The van der Waals surface area contributed by atoms with Crippen LogP contribution >= 0.6 is 22.9 Å². The van der Waals surface area contributed by atoms with Gasteiger partial charge in [-0.25, -0.2) is 0 Å². The number of halogens is 1. The zero-order chi connectivity index (χ0) is 12.3. The van der Waals surface area contributed by atoms with Gasteiger partial charge < -0.3 is 5.11 Å². The fourth-order valence-corrected chi connectivity index (χ4v) is 2.29. The molecule has 2 nitrogen and oxygen atoms in total. The third kappa shape index (κ3) is 2.96. The summed E-state index contributed by atoms with van der Waals surface area (Å²) >= 11 is 6.99. The van der Waals surface area contributed by atoms with Crippen LogP contribution in [0.2, 0.25) is 4.34 Å². The van der Waals surface area contributed by atoms with Gasteiger partial charge in [-0.15, -0.1) is 11.3 Å². The van der Waals surface area contributed by atoms with Crippen molar-refractivity contribution in [2.24, 2.45) is 0 Å². The molecule has 1 N–H and O–H groups in total. The van der Waals surface area contributed by atoms with Gasteiger partial charge >= 0.3 is 0 Å². The van der Waals surface area contributed by atoms with Crippen molar-refractivity contribution in [1.82, 2.24) is 0 Å². The maximum atomic E-state index is 11.7. The van der Waals surface area contributed by atoms with Crippen molar-refractivity contribution in [3.8, 4) is 5.75 Å². The maximum absolute atomic E-state index is 11.7. The van der Waals surface area contributed by atoms with Gasteiger partial charge in [0.15, 0.2) is 5.78 Å².